The van der Waals surface area contributed by atoms with E-state index in [1.54, 1.807) is 6.07 Å². The highest BCUT2D eigenvalue weighted by Gasteiger charge is 2.15. The number of carbonyl (C=O) groups excluding carboxylic acids is 2. The Morgan fingerprint density at radius 3 is 2.43 bits per heavy atom. The molecule has 6 heteroatoms. The van der Waals surface area contributed by atoms with Crippen LogP contribution in [0.3, 0.4) is 0 Å². The molecule has 0 aliphatic rings. The van der Waals surface area contributed by atoms with Crippen LogP contribution in [0.5, 0.6) is 0 Å². The summed E-state index contributed by atoms with van der Waals surface area (Å²) in [5.41, 5.74) is 1.72. The molecule has 0 atom stereocenters. The first-order valence-corrected chi connectivity index (χ1v) is 6.89. The fourth-order valence-electron chi connectivity index (χ4n) is 1.65. The molecule has 0 spiro atoms. The van der Waals surface area contributed by atoms with Crippen LogP contribution >= 0.6 is 15.9 Å². The molecular weight excluding hydrogens is 339 g/mol. The second-order valence-electron chi connectivity index (χ2n) is 4.40. The van der Waals surface area contributed by atoms with Crippen LogP contribution in [0.4, 0.5) is 15.8 Å². The summed E-state index contributed by atoms with van der Waals surface area (Å²) in [5, 5.41) is 4.81. The predicted octanol–water partition coefficient (Wildman–Crippen LogP) is 3.47. The van der Waals surface area contributed by atoms with Gasteiger partial charge in [-0.2, -0.15) is 0 Å². The molecule has 0 fully saturated rings. The number of halogens is 2. The normalized spacial score (nSPS) is 10.0. The Labute approximate surface area is 129 Å². The van der Waals surface area contributed by atoms with Gasteiger partial charge in [0, 0.05) is 10.2 Å². The zero-order valence-corrected chi connectivity index (χ0v) is 12.7. The van der Waals surface area contributed by atoms with E-state index in [0.29, 0.717) is 10.2 Å². The highest BCUT2D eigenvalue weighted by Crippen LogP contribution is 2.23. The van der Waals surface area contributed by atoms with Gasteiger partial charge in [-0.1, -0.05) is 12.1 Å². The zero-order chi connectivity index (χ0) is 15.4. The summed E-state index contributed by atoms with van der Waals surface area (Å²) in [6.45, 7) is 1.91. The summed E-state index contributed by atoms with van der Waals surface area (Å²) < 4.78 is 13.7. The van der Waals surface area contributed by atoms with E-state index in [9.17, 15) is 14.0 Å². The zero-order valence-electron chi connectivity index (χ0n) is 11.1. The van der Waals surface area contributed by atoms with E-state index in [-0.39, 0.29) is 5.69 Å². The minimum atomic E-state index is -0.868. The average molecular weight is 351 g/mol. The SMILES string of the molecule is Cc1ccc(NC(=O)C(=O)Nc2cccc(F)c2)c(Br)c1. The van der Waals surface area contributed by atoms with Crippen molar-refractivity contribution < 1.29 is 14.0 Å². The van der Waals surface area contributed by atoms with E-state index in [0.717, 1.165) is 11.6 Å². The molecule has 2 amide bonds. The number of aryl methyl sites for hydroxylation is 1. The molecule has 2 rings (SSSR count). The molecule has 0 aliphatic carbocycles. The first-order chi connectivity index (χ1) is 9.95. The summed E-state index contributed by atoms with van der Waals surface area (Å²) in [6.07, 6.45) is 0. The van der Waals surface area contributed by atoms with E-state index in [2.05, 4.69) is 26.6 Å². The third kappa shape index (κ3) is 4.13. The van der Waals surface area contributed by atoms with Crippen molar-refractivity contribution in [3.63, 3.8) is 0 Å². The van der Waals surface area contributed by atoms with Gasteiger partial charge in [-0.05, 0) is 58.7 Å². The van der Waals surface area contributed by atoms with Gasteiger partial charge < -0.3 is 10.6 Å². The molecule has 0 aromatic heterocycles. The molecule has 21 heavy (non-hydrogen) atoms. The number of rotatable bonds is 2. The third-order valence-electron chi connectivity index (χ3n) is 2.66. The summed E-state index contributed by atoms with van der Waals surface area (Å²) in [6, 6.07) is 10.6. The highest BCUT2D eigenvalue weighted by molar-refractivity contribution is 9.10. The van der Waals surface area contributed by atoms with Crippen molar-refractivity contribution >= 4 is 39.1 Å². The van der Waals surface area contributed by atoms with Gasteiger partial charge in [-0.25, -0.2) is 4.39 Å². The van der Waals surface area contributed by atoms with Crippen LogP contribution < -0.4 is 10.6 Å². The van der Waals surface area contributed by atoms with Gasteiger partial charge in [0.1, 0.15) is 5.82 Å². The third-order valence-corrected chi connectivity index (χ3v) is 3.32. The summed E-state index contributed by atoms with van der Waals surface area (Å²) in [5.74, 6) is -2.19. The van der Waals surface area contributed by atoms with Crippen molar-refractivity contribution in [2.24, 2.45) is 0 Å². The van der Waals surface area contributed by atoms with E-state index >= 15 is 0 Å². The molecule has 4 nitrogen and oxygen atoms in total. The average Bonchev–Trinajstić information content (AvgIpc) is 2.41. The number of hydrogen-bond donors (Lipinski definition) is 2. The van der Waals surface area contributed by atoms with E-state index < -0.39 is 17.6 Å². The van der Waals surface area contributed by atoms with Gasteiger partial charge in [0.2, 0.25) is 0 Å². The minimum Gasteiger partial charge on any atom is -0.318 e. The highest BCUT2D eigenvalue weighted by atomic mass is 79.9. The molecule has 2 N–H and O–H groups in total. The largest absolute Gasteiger partial charge is 0.318 e. The molecule has 0 saturated carbocycles. The van der Waals surface area contributed by atoms with Crippen LogP contribution in [0, 0.1) is 12.7 Å². The maximum absolute atomic E-state index is 13.0. The lowest BCUT2D eigenvalue weighted by molar-refractivity contribution is -0.133. The fourth-order valence-corrected chi connectivity index (χ4v) is 2.25. The van der Waals surface area contributed by atoms with Gasteiger partial charge in [-0.3, -0.25) is 9.59 Å². The van der Waals surface area contributed by atoms with E-state index in [1.807, 2.05) is 19.1 Å². The Morgan fingerprint density at radius 2 is 1.76 bits per heavy atom. The smallest absolute Gasteiger partial charge is 0.314 e. The van der Waals surface area contributed by atoms with Gasteiger partial charge in [0.25, 0.3) is 0 Å². The number of amides is 2. The van der Waals surface area contributed by atoms with Gasteiger partial charge in [0.05, 0.1) is 5.69 Å². The molecule has 2 aromatic carbocycles. The molecule has 0 unspecified atom stereocenters. The van der Waals surface area contributed by atoms with E-state index in [4.69, 9.17) is 0 Å². The predicted molar refractivity (Wildman–Crippen MR) is 82.5 cm³/mol. The molecule has 0 saturated heterocycles. The fraction of sp³-hybridized carbons (Fsp3) is 0.0667. The Morgan fingerprint density at radius 1 is 1.05 bits per heavy atom. The van der Waals surface area contributed by atoms with Crippen LogP contribution in [0.15, 0.2) is 46.9 Å². The summed E-state index contributed by atoms with van der Waals surface area (Å²) in [4.78, 5) is 23.5. The van der Waals surface area contributed by atoms with Crippen molar-refractivity contribution in [2.75, 3.05) is 10.6 Å². The molecule has 0 heterocycles. The van der Waals surface area contributed by atoms with Crippen molar-refractivity contribution in [1.29, 1.82) is 0 Å². The van der Waals surface area contributed by atoms with Gasteiger partial charge >= 0.3 is 11.8 Å². The first-order valence-electron chi connectivity index (χ1n) is 6.10. The summed E-state index contributed by atoms with van der Waals surface area (Å²) in [7, 11) is 0. The van der Waals surface area contributed by atoms with Crippen LogP contribution in [-0.2, 0) is 9.59 Å². The van der Waals surface area contributed by atoms with Crippen molar-refractivity contribution in [2.45, 2.75) is 6.92 Å². The maximum Gasteiger partial charge on any atom is 0.314 e. The molecule has 0 aliphatic heterocycles. The second-order valence-corrected chi connectivity index (χ2v) is 5.26. The lowest BCUT2D eigenvalue weighted by atomic mass is 10.2. The number of carbonyl (C=O) groups is 2. The van der Waals surface area contributed by atoms with Crippen LogP contribution in [-0.4, -0.2) is 11.8 Å². The van der Waals surface area contributed by atoms with Gasteiger partial charge in [0.15, 0.2) is 0 Å². The minimum absolute atomic E-state index is 0.220. The van der Waals surface area contributed by atoms with Crippen molar-refractivity contribution in [3.05, 3.63) is 58.3 Å². The molecular formula is C15H12BrFN2O2. The Balaban J connectivity index is 2.04. The molecule has 2 aromatic rings. The van der Waals surface area contributed by atoms with Crippen molar-refractivity contribution in [1.82, 2.24) is 0 Å². The first kappa shape index (κ1) is 15.2. The van der Waals surface area contributed by atoms with E-state index in [1.165, 1.54) is 18.2 Å². The van der Waals surface area contributed by atoms with Crippen LogP contribution in [0.25, 0.3) is 0 Å². The number of benzene rings is 2. The number of anilines is 2. The maximum atomic E-state index is 13.0. The standard InChI is InChI=1S/C15H12BrFN2O2/c1-9-5-6-13(12(16)7-9)19-15(21)14(20)18-11-4-2-3-10(17)8-11/h2-8H,1H3,(H,18,20)(H,19,21). The Hall–Kier alpha value is -2.21. The van der Waals surface area contributed by atoms with Crippen LogP contribution in [0.2, 0.25) is 0 Å². The number of nitrogens with one attached hydrogen (secondary N) is 2. The second kappa shape index (κ2) is 6.49. The molecule has 0 bridgehead atoms. The lowest BCUT2D eigenvalue weighted by Crippen LogP contribution is -2.29. The summed E-state index contributed by atoms with van der Waals surface area (Å²) >= 11 is 3.31. The molecule has 0 radical (unpaired) electrons. The topological polar surface area (TPSA) is 58.2 Å². The monoisotopic (exact) mass is 350 g/mol. The van der Waals surface area contributed by atoms with Crippen molar-refractivity contribution in [3.8, 4) is 0 Å². The lowest BCUT2D eigenvalue weighted by Gasteiger charge is -2.08. The van der Waals surface area contributed by atoms with Gasteiger partial charge in [-0.15, -0.1) is 0 Å². The number of hydrogen-bond acceptors (Lipinski definition) is 2. The Bertz CT molecular complexity index is 704. The quantitative estimate of drug-likeness (QED) is 0.814. The van der Waals surface area contributed by atoms with Crippen LogP contribution in [0.1, 0.15) is 5.56 Å². The molecule has 108 valence electrons. The Kier molecular flexibility index (Phi) is 4.70.